The average Bonchev–Trinajstić information content (AvgIpc) is 3.67. The van der Waals surface area contributed by atoms with Gasteiger partial charge in [0.15, 0.2) is 0 Å². The third kappa shape index (κ3) is 6.22. The number of aliphatic hydroxyl groups is 1. The smallest absolute Gasteiger partial charge is 0.251 e. The van der Waals surface area contributed by atoms with Crippen molar-refractivity contribution in [3.05, 3.63) is 90.5 Å². The summed E-state index contributed by atoms with van der Waals surface area (Å²) < 4.78 is -0.678. The van der Waals surface area contributed by atoms with Crippen molar-refractivity contribution in [2.45, 2.75) is 61.1 Å². The van der Waals surface area contributed by atoms with Crippen molar-refractivity contribution in [2.75, 3.05) is 31.1 Å². The summed E-state index contributed by atoms with van der Waals surface area (Å²) in [5.41, 5.74) is 1.71. The third-order valence-corrected chi connectivity index (χ3v) is 11.4. The van der Waals surface area contributed by atoms with Crippen molar-refractivity contribution in [3.8, 4) is 0 Å². The van der Waals surface area contributed by atoms with Gasteiger partial charge in [0, 0.05) is 48.7 Å². The van der Waals surface area contributed by atoms with Crippen LogP contribution in [0.1, 0.15) is 44.1 Å². The van der Waals surface area contributed by atoms with Crippen molar-refractivity contribution < 1.29 is 19.5 Å². The van der Waals surface area contributed by atoms with E-state index >= 15 is 0 Å². The first kappa shape index (κ1) is 32.3. The van der Waals surface area contributed by atoms with Gasteiger partial charge in [-0.05, 0) is 55.5 Å². The molecule has 3 saturated heterocycles. The SMILES string of the molecule is C=CCN(Cc1ccccc1)C(=O)[C@@H]1[C@@H]2CCC3(S2)C(C(=O)N(CC=C)c2ccc(Cl)cc2)N(CCCCCCO)C(=O)[C@H]13. The summed E-state index contributed by atoms with van der Waals surface area (Å²) in [6.45, 7) is 9.48. The van der Waals surface area contributed by atoms with Gasteiger partial charge in [0.05, 0.1) is 16.6 Å². The molecule has 9 heteroatoms. The van der Waals surface area contributed by atoms with Gasteiger partial charge in [-0.25, -0.2) is 0 Å². The van der Waals surface area contributed by atoms with Crippen LogP contribution < -0.4 is 4.90 Å². The van der Waals surface area contributed by atoms with E-state index in [1.807, 2.05) is 42.5 Å². The minimum Gasteiger partial charge on any atom is -0.396 e. The molecule has 5 rings (SSSR count). The highest BCUT2D eigenvalue weighted by molar-refractivity contribution is 8.02. The van der Waals surface area contributed by atoms with Gasteiger partial charge in [-0.1, -0.05) is 66.9 Å². The molecule has 234 valence electrons. The van der Waals surface area contributed by atoms with Gasteiger partial charge in [-0.15, -0.1) is 24.9 Å². The quantitative estimate of drug-likeness (QED) is 0.200. The Morgan fingerprint density at radius 1 is 1.00 bits per heavy atom. The minimum atomic E-state index is -0.691. The molecular formula is C35H42ClN3O4S. The second-order valence-corrected chi connectivity index (χ2v) is 14.0. The first-order valence-corrected chi connectivity index (χ1v) is 16.8. The van der Waals surface area contributed by atoms with Crippen LogP contribution in [0.15, 0.2) is 79.9 Å². The van der Waals surface area contributed by atoms with Crippen LogP contribution in [0.3, 0.4) is 0 Å². The van der Waals surface area contributed by atoms with E-state index in [1.54, 1.807) is 50.7 Å². The molecule has 3 amide bonds. The number of carbonyl (C=O) groups excluding carboxylic acids is 3. The van der Waals surface area contributed by atoms with Gasteiger partial charge in [0.2, 0.25) is 11.8 Å². The Balaban J connectivity index is 1.49. The van der Waals surface area contributed by atoms with Crippen LogP contribution >= 0.6 is 23.4 Å². The second-order valence-electron chi connectivity index (χ2n) is 11.9. The fourth-order valence-corrected chi connectivity index (χ4v) is 9.66. The van der Waals surface area contributed by atoms with Gasteiger partial charge in [-0.2, -0.15) is 0 Å². The molecule has 0 saturated carbocycles. The number of hydrogen-bond acceptors (Lipinski definition) is 5. The molecule has 2 bridgehead atoms. The maximum atomic E-state index is 14.7. The topological polar surface area (TPSA) is 81.2 Å². The predicted octanol–water partition coefficient (Wildman–Crippen LogP) is 5.72. The summed E-state index contributed by atoms with van der Waals surface area (Å²) in [4.78, 5) is 48.8. The van der Waals surface area contributed by atoms with Crippen molar-refractivity contribution in [1.29, 1.82) is 0 Å². The van der Waals surface area contributed by atoms with Crippen LogP contribution in [0.25, 0.3) is 0 Å². The Morgan fingerprint density at radius 2 is 1.70 bits per heavy atom. The molecule has 3 heterocycles. The number of hydrogen-bond donors (Lipinski definition) is 1. The van der Waals surface area contributed by atoms with Gasteiger partial charge in [0.1, 0.15) is 6.04 Å². The Kier molecular flexibility index (Phi) is 10.5. The highest BCUT2D eigenvalue weighted by Crippen LogP contribution is 2.66. The molecule has 2 aromatic rings. The van der Waals surface area contributed by atoms with Crippen LogP contribution in [-0.4, -0.2) is 74.9 Å². The number of halogens is 1. The lowest BCUT2D eigenvalue weighted by Gasteiger charge is -2.37. The molecule has 0 radical (unpaired) electrons. The maximum absolute atomic E-state index is 14.7. The zero-order chi connectivity index (χ0) is 31.3. The van der Waals surface area contributed by atoms with Gasteiger partial charge >= 0.3 is 0 Å². The van der Waals surface area contributed by atoms with Crippen molar-refractivity contribution >= 4 is 46.8 Å². The Hall–Kier alpha value is -3.07. The minimum absolute atomic E-state index is 0.0232. The number of thioether (sulfide) groups is 1. The highest BCUT2D eigenvalue weighted by Gasteiger charge is 2.74. The number of likely N-dealkylation sites (tertiary alicyclic amines) is 1. The van der Waals surface area contributed by atoms with E-state index in [9.17, 15) is 19.5 Å². The van der Waals surface area contributed by atoms with Gasteiger partial charge in [-0.3, -0.25) is 14.4 Å². The molecule has 1 spiro atoms. The molecule has 44 heavy (non-hydrogen) atoms. The number of benzene rings is 2. The Morgan fingerprint density at radius 3 is 2.39 bits per heavy atom. The second kappa shape index (κ2) is 14.4. The van der Waals surface area contributed by atoms with Crippen molar-refractivity contribution in [1.82, 2.24) is 9.80 Å². The largest absolute Gasteiger partial charge is 0.396 e. The predicted molar refractivity (Wildman–Crippen MR) is 177 cm³/mol. The summed E-state index contributed by atoms with van der Waals surface area (Å²) >= 11 is 7.85. The molecule has 3 aliphatic heterocycles. The maximum Gasteiger partial charge on any atom is 0.251 e. The molecule has 3 fully saturated rings. The number of anilines is 1. The molecule has 1 N–H and O–H groups in total. The third-order valence-electron chi connectivity index (χ3n) is 9.22. The van der Waals surface area contributed by atoms with Crippen LogP contribution in [0.5, 0.6) is 0 Å². The molecule has 0 aromatic heterocycles. The van der Waals surface area contributed by atoms with Crippen molar-refractivity contribution in [2.24, 2.45) is 11.8 Å². The molecule has 0 aliphatic carbocycles. The van der Waals surface area contributed by atoms with E-state index in [0.29, 0.717) is 43.2 Å². The standard InChI is InChI=1S/C35H42ClN3O4S/c1-3-20-37(24-25-12-8-7-9-13-25)32(41)29-28-18-19-35(44-28)30(29)33(42)39(22-10-5-6-11-23-40)31(35)34(43)38(21-4-2)27-16-14-26(36)15-17-27/h3-4,7-9,12-17,28-31,40H,1-2,5-6,10-11,18-24H2/t28-,29+,30-,31?,35?/m0/s1. The van der Waals surface area contributed by atoms with E-state index in [0.717, 1.165) is 31.2 Å². The van der Waals surface area contributed by atoms with E-state index in [-0.39, 0.29) is 36.1 Å². The summed E-state index contributed by atoms with van der Waals surface area (Å²) in [5, 5.41) is 9.78. The molecule has 2 unspecified atom stereocenters. The van der Waals surface area contributed by atoms with E-state index in [4.69, 9.17) is 11.6 Å². The number of fused-ring (bicyclic) bond motifs is 1. The summed E-state index contributed by atoms with van der Waals surface area (Å²) in [7, 11) is 0. The van der Waals surface area contributed by atoms with Crippen LogP contribution in [0.4, 0.5) is 5.69 Å². The molecular weight excluding hydrogens is 594 g/mol. The van der Waals surface area contributed by atoms with E-state index in [1.165, 1.54) is 0 Å². The number of aliphatic hydroxyl groups excluding tert-OH is 1. The molecule has 3 aliphatic rings. The monoisotopic (exact) mass is 635 g/mol. The average molecular weight is 636 g/mol. The lowest BCUT2D eigenvalue weighted by Crippen LogP contribution is -2.55. The number of rotatable bonds is 15. The Bertz CT molecular complexity index is 1360. The fourth-order valence-electron chi connectivity index (χ4n) is 7.33. The zero-order valence-corrected chi connectivity index (χ0v) is 26.7. The van der Waals surface area contributed by atoms with Crippen LogP contribution in [0, 0.1) is 11.8 Å². The lowest BCUT2D eigenvalue weighted by molar-refractivity contribution is -0.144. The first-order chi connectivity index (χ1) is 21.4. The summed E-state index contributed by atoms with van der Waals surface area (Å²) in [5.74, 6) is -1.34. The normalized spacial score (nSPS) is 25.1. The zero-order valence-electron chi connectivity index (χ0n) is 25.2. The lowest BCUT2D eigenvalue weighted by atomic mass is 9.70. The fraction of sp³-hybridized carbons (Fsp3) is 0.457. The van der Waals surface area contributed by atoms with Crippen LogP contribution in [0.2, 0.25) is 5.02 Å². The van der Waals surface area contributed by atoms with Crippen LogP contribution in [-0.2, 0) is 20.9 Å². The number of amides is 3. The molecule has 7 nitrogen and oxygen atoms in total. The summed E-state index contributed by atoms with van der Waals surface area (Å²) in [6, 6.07) is 16.3. The van der Waals surface area contributed by atoms with E-state index in [2.05, 4.69) is 13.2 Å². The first-order valence-electron chi connectivity index (χ1n) is 15.6. The highest BCUT2D eigenvalue weighted by atomic mass is 35.5. The molecule has 5 atom stereocenters. The van der Waals surface area contributed by atoms with Crippen molar-refractivity contribution in [3.63, 3.8) is 0 Å². The number of carbonyl (C=O) groups is 3. The number of nitrogens with zero attached hydrogens (tertiary/aromatic N) is 3. The Labute approximate surface area is 269 Å². The summed E-state index contributed by atoms with van der Waals surface area (Å²) in [6.07, 6.45) is 8.06. The molecule has 2 aromatic carbocycles. The van der Waals surface area contributed by atoms with E-state index < -0.39 is 22.6 Å². The van der Waals surface area contributed by atoms with Gasteiger partial charge < -0.3 is 19.8 Å². The van der Waals surface area contributed by atoms with Gasteiger partial charge in [0.25, 0.3) is 5.91 Å². The number of unbranched alkanes of at least 4 members (excludes halogenated alkanes) is 3.